The largest absolute Gasteiger partial charge is 0.344 e. The lowest BCUT2D eigenvalue weighted by atomic mass is 9.93. The van der Waals surface area contributed by atoms with Crippen LogP contribution in [0.25, 0.3) is 10.9 Å². The number of hydrogen-bond acceptors (Lipinski definition) is 2. The number of benzene rings is 1. The second kappa shape index (κ2) is 4.02. The minimum Gasteiger partial charge on any atom is -0.344 e. The first-order valence-electron chi connectivity index (χ1n) is 6.11. The molecule has 0 atom stereocenters. The molecule has 1 heterocycles. The van der Waals surface area contributed by atoms with Crippen molar-refractivity contribution < 1.29 is 8.42 Å². The van der Waals surface area contributed by atoms with Gasteiger partial charge in [0, 0.05) is 12.2 Å². The Morgan fingerprint density at radius 1 is 1.28 bits per heavy atom. The van der Waals surface area contributed by atoms with Crippen molar-refractivity contribution in [1.82, 2.24) is 4.57 Å². The van der Waals surface area contributed by atoms with Gasteiger partial charge in [0.15, 0.2) is 0 Å². The van der Waals surface area contributed by atoms with Crippen LogP contribution in [0.3, 0.4) is 0 Å². The maximum atomic E-state index is 11.2. The predicted molar refractivity (Wildman–Crippen MR) is 73.3 cm³/mol. The molecule has 5 heteroatoms. The Morgan fingerprint density at radius 3 is 2.67 bits per heavy atom. The lowest BCUT2D eigenvalue weighted by Gasteiger charge is -2.28. The first-order chi connectivity index (χ1) is 8.53. The average molecular weight is 264 g/mol. The van der Waals surface area contributed by atoms with Crippen molar-refractivity contribution in [2.24, 2.45) is 0 Å². The zero-order valence-corrected chi connectivity index (χ0v) is 11.1. The van der Waals surface area contributed by atoms with Crippen LogP contribution in [0.1, 0.15) is 25.3 Å². The molecule has 1 aliphatic rings. The van der Waals surface area contributed by atoms with Crippen LogP contribution in [0.15, 0.2) is 30.5 Å². The first-order valence-corrected chi connectivity index (χ1v) is 8.00. The quantitative estimate of drug-likeness (QED) is 0.926. The molecule has 18 heavy (non-hydrogen) atoms. The summed E-state index contributed by atoms with van der Waals surface area (Å²) in [6.45, 7) is 0. The minimum atomic E-state index is -3.21. The summed E-state index contributed by atoms with van der Waals surface area (Å²) in [6, 6.07) is 8.33. The van der Waals surface area contributed by atoms with E-state index >= 15 is 0 Å². The molecule has 96 valence electrons. The first kappa shape index (κ1) is 11.6. The summed E-state index contributed by atoms with van der Waals surface area (Å²) in [6.07, 6.45) is 6.98. The van der Waals surface area contributed by atoms with Crippen molar-refractivity contribution in [2.75, 3.05) is 11.0 Å². The van der Waals surface area contributed by atoms with E-state index < -0.39 is 10.0 Å². The second-order valence-corrected chi connectivity index (χ2v) is 6.70. The van der Waals surface area contributed by atoms with Crippen LogP contribution in [0.2, 0.25) is 0 Å². The van der Waals surface area contributed by atoms with Crippen LogP contribution in [0, 0.1) is 0 Å². The van der Waals surface area contributed by atoms with Crippen molar-refractivity contribution in [2.45, 2.75) is 25.3 Å². The van der Waals surface area contributed by atoms with Gasteiger partial charge in [0.25, 0.3) is 0 Å². The van der Waals surface area contributed by atoms with Gasteiger partial charge in [-0.15, -0.1) is 0 Å². The number of hydrogen-bond donors (Lipinski definition) is 1. The van der Waals surface area contributed by atoms with E-state index in [0.717, 1.165) is 10.9 Å². The molecule has 2 aromatic rings. The van der Waals surface area contributed by atoms with Gasteiger partial charge in [0.05, 0.1) is 17.5 Å². The Balaban J connectivity index is 2.03. The van der Waals surface area contributed by atoms with Crippen LogP contribution in [-0.4, -0.2) is 19.2 Å². The highest BCUT2D eigenvalue weighted by Gasteiger charge is 2.20. The number of sulfonamides is 1. The molecule has 0 unspecified atom stereocenters. The summed E-state index contributed by atoms with van der Waals surface area (Å²) in [5.74, 6) is 0. The number of fused-ring (bicyclic) bond motifs is 1. The van der Waals surface area contributed by atoms with Gasteiger partial charge in [0.1, 0.15) is 0 Å². The van der Waals surface area contributed by atoms with Crippen LogP contribution >= 0.6 is 0 Å². The van der Waals surface area contributed by atoms with Crippen LogP contribution in [-0.2, 0) is 10.0 Å². The predicted octanol–water partition coefficient (Wildman–Crippen LogP) is 2.74. The Morgan fingerprint density at radius 2 is 2.06 bits per heavy atom. The fraction of sp³-hybridized carbons (Fsp3) is 0.385. The number of nitrogens with zero attached hydrogens (tertiary/aromatic N) is 1. The highest BCUT2D eigenvalue weighted by molar-refractivity contribution is 7.92. The molecule has 0 radical (unpaired) electrons. The third-order valence-electron chi connectivity index (χ3n) is 3.49. The molecule has 0 bridgehead atoms. The molecule has 4 nitrogen and oxygen atoms in total. The van der Waals surface area contributed by atoms with E-state index in [1.807, 2.05) is 12.1 Å². The summed E-state index contributed by atoms with van der Waals surface area (Å²) in [7, 11) is -3.21. The van der Waals surface area contributed by atoms with E-state index in [-0.39, 0.29) is 0 Å². The van der Waals surface area contributed by atoms with Gasteiger partial charge in [-0.25, -0.2) is 8.42 Å². The molecule has 0 saturated heterocycles. The molecule has 1 saturated carbocycles. The minimum absolute atomic E-state index is 0.580. The van der Waals surface area contributed by atoms with Gasteiger partial charge in [-0.2, -0.15) is 0 Å². The van der Waals surface area contributed by atoms with Gasteiger partial charge in [-0.05, 0) is 42.8 Å². The van der Waals surface area contributed by atoms with Gasteiger partial charge < -0.3 is 4.57 Å². The van der Waals surface area contributed by atoms with Gasteiger partial charge in [-0.3, -0.25) is 4.72 Å². The molecular weight excluding hydrogens is 248 g/mol. The SMILES string of the molecule is CS(=O)(=O)Nc1ccc2ccn(C3CCC3)c2c1. The maximum absolute atomic E-state index is 11.2. The van der Waals surface area contributed by atoms with Crippen molar-refractivity contribution in [3.8, 4) is 0 Å². The van der Waals surface area contributed by atoms with E-state index in [2.05, 4.69) is 21.6 Å². The summed E-state index contributed by atoms with van der Waals surface area (Å²) in [5, 5.41) is 1.15. The zero-order valence-electron chi connectivity index (χ0n) is 10.3. The highest BCUT2D eigenvalue weighted by atomic mass is 32.2. The average Bonchev–Trinajstić information content (AvgIpc) is 2.57. The van der Waals surface area contributed by atoms with Crippen LogP contribution < -0.4 is 4.72 Å². The smallest absolute Gasteiger partial charge is 0.229 e. The van der Waals surface area contributed by atoms with E-state index in [1.54, 1.807) is 6.07 Å². The molecule has 1 aliphatic carbocycles. The van der Waals surface area contributed by atoms with E-state index in [0.29, 0.717) is 11.7 Å². The molecule has 1 N–H and O–H groups in total. The molecule has 1 aromatic carbocycles. The van der Waals surface area contributed by atoms with Crippen molar-refractivity contribution in [1.29, 1.82) is 0 Å². The van der Waals surface area contributed by atoms with Gasteiger partial charge >= 0.3 is 0 Å². The Bertz CT molecular complexity index is 684. The van der Waals surface area contributed by atoms with E-state index in [9.17, 15) is 8.42 Å². The Labute approximate surface area is 107 Å². The number of aromatic nitrogens is 1. The number of rotatable bonds is 3. The zero-order chi connectivity index (χ0) is 12.8. The Kier molecular flexibility index (Phi) is 2.59. The fourth-order valence-electron chi connectivity index (χ4n) is 2.41. The van der Waals surface area contributed by atoms with Crippen molar-refractivity contribution in [3.63, 3.8) is 0 Å². The van der Waals surface area contributed by atoms with Crippen LogP contribution in [0.5, 0.6) is 0 Å². The van der Waals surface area contributed by atoms with E-state index in [4.69, 9.17) is 0 Å². The molecule has 3 rings (SSSR count). The summed E-state index contributed by atoms with van der Waals surface area (Å²) < 4.78 is 27.3. The summed E-state index contributed by atoms with van der Waals surface area (Å²) >= 11 is 0. The van der Waals surface area contributed by atoms with E-state index in [1.165, 1.54) is 25.5 Å². The highest BCUT2D eigenvalue weighted by Crippen LogP contribution is 2.35. The molecule has 0 aliphatic heterocycles. The maximum Gasteiger partial charge on any atom is 0.229 e. The Hall–Kier alpha value is -1.49. The van der Waals surface area contributed by atoms with Crippen molar-refractivity contribution >= 4 is 26.6 Å². The number of nitrogens with one attached hydrogen (secondary N) is 1. The topological polar surface area (TPSA) is 51.1 Å². The normalized spacial score (nSPS) is 16.7. The fourth-order valence-corrected chi connectivity index (χ4v) is 2.97. The van der Waals surface area contributed by atoms with Crippen LogP contribution in [0.4, 0.5) is 5.69 Å². The number of anilines is 1. The van der Waals surface area contributed by atoms with Gasteiger partial charge in [0.2, 0.25) is 10.0 Å². The third kappa shape index (κ3) is 2.10. The van der Waals surface area contributed by atoms with Gasteiger partial charge in [-0.1, -0.05) is 6.07 Å². The molecule has 0 spiro atoms. The molecular formula is C13H16N2O2S. The summed E-state index contributed by atoms with van der Waals surface area (Å²) in [5.41, 5.74) is 1.73. The third-order valence-corrected chi connectivity index (χ3v) is 4.10. The standard InChI is InChI=1S/C13H16N2O2S/c1-18(16,17)14-11-6-5-10-7-8-15(13(10)9-11)12-3-2-4-12/h5-9,12,14H,2-4H2,1H3. The monoisotopic (exact) mass is 264 g/mol. The molecule has 0 amide bonds. The summed E-state index contributed by atoms with van der Waals surface area (Å²) in [4.78, 5) is 0. The second-order valence-electron chi connectivity index (χ2n) is 4.96. The lowest BCUT2D eigenvalue weighted by Crippen LogP contribution is -2.16. The van der Waals surface area contributed by atoms with Crippen molar-refractivity contribution in [3.05, 3.63) is 30.5 Å². The lowest BCUT2D eigenvalue weighted by molar-refractivity contribution is 0.321. The molecule has 1 aromatic heterocycles. The molecule has 1 fully saturated rings.